The fourth-order valence-electron chi connectivity index (χ4n) is 2.81. The van der Waals surface area contributed by atoms with Crippen molar-refractivity contribution in [2.75, 3.05) is 17.7 Å². The van der Waals surface area contributed by atoms with E-state index >= 15 is 0 Å². The summed E-state index contributed by atoms with van der Waals surface area (Å²) in [5.41, 5.74) is 12.1. The minimum absolute atomic E-state index is 0.264. The highest BCUT2D eigenvalue weighted by Crippen LogP contribution is 2.31. The van der Waals surface area contributed by atoms with Crippen molar-refractivity contribution >= 4 is 17.4 Å². The summed E-state index contributed by atoms with van der Waals surface area (Å²) in [6.45, 7) is 2.27. The van der Waals surface area contributed by atoms with Crippen LogP contribution in [-0.2, 0) is 0 Å². The van der Waals surface area contributed by atoms with Gasteiger partial charge in [-0.05, 0) is 30.9 Å². The molecule has 1 aromatic rings. The molecule has 104 valence electrons. The molecule has 0 radical (unpaired) electrons. The summed E-state index contributed by atoms with van der Waals surface area (Å²) in [5.74, 6) is 0.865. The number of nitrogens with zero attached hydrogens (tertiary/aromatic N) is 2. The number of hydrogen-bond acceptors (Lipinski definition) is 4. The number of nitrogens with two attached hydrogens (primary N) is 2. The number of primary amides is 1. The first-order valence-electron chi connectivity index (χ1n) is 6.78. The van der Waals surface area contributed by atoms with Crippen LogP contribution in [0.3, 0.4) is 0 Å². The monoisotopic (exact) mass is 262 g/mol. The molecule has 0 aromatic carbocycles. The van der Waals surface area contributed by atoms with Gasteiger partial charge in [0, 0.05) is 13.1 Å². The third kappa shape index (κ3) is 2.97. The van der Waals surface area contributed by atoms with Gasteiger partial charge in [-0.25, -0.2) is 4.98 Å². The molecule has 4 N–H and O–H groups in total. The zero-order valence-corrected chi connectivity index (χ0v) is 11.6. The van der Waals surface area contributed by atoms with Gasteiger partial charge in [-0.1, -0.05) is 19.8 Å². The van der Waals surface area contributed by atoms with E-state index in [0.29, 0.717) is 17.5 Å². The van der Waals surface area contributed by atoms with E-state index in [1.165, 1.54) is 12.8 Å². The number of pyridine rings is 1. The second kappa shape index (κ2) is 5.47. The van der Waals surface area contributed by atoms with Crippen molar-refractivity contribution in [1.82, 2.24) is 4.98 Å². The Morgan fingerprint density at radius 2 is 2.16 bits per heavy atom. The Kier molecular flexibility index (Phi) is 3.93. The van der Waals surface area contributed by atoms with Crippen molar-refractivity contribution in [3.05, 3.63) is 17.8 Å². The molecule has 1 fully saturated rings. The van der Waals surface area contributed by atoms with Gasteiger partial charge in [0.1, 0.15) is 5.69 Å². The minimum atomic E-state index is -0.522. The van der Waals surface area contributed by atoms with Gasteiger partial charge < -0.3 is 16.4 Å². The van der Waals surface area contributed by atoms with E-state index in [1.54, 1.807) is 12.1 Å². The standard InChI is InChI=1S/C14H22N4O/c1-9-4-3-5-10(8-9)18(2)14-11(15)6-7-12(17-14)13(16)19/h6-7,9-10H,3-5,8,15H2,1-2H3,(H2,16,19). The van der Waals surface area contributed by atoms with Crippen LogP contribution in [0.1, 0.15) is 43.1 Å². The molecule has 19 heavy (non-hydrogen) atoms. The molecule has 0 bridgehead atoms. The van der Waals surface area contributed by atoms with Crippen LogP contribution in [0, 0.1) is 5.92 Å². The largest absolute Gasteiger partial charge is 0.396 e. The molecule has 2 unspecified atom stereocenters. The summed E-state index contributed by atoms with van der Waals surface area (Å²) < 4.78 is 0. The third-order valence-electron chi connectivity index (χ3n) is 3.95. The van der Waals surface area contributed by atoms with Gasteiger partial charge in [0.2, 0.25) is 0 Å². The van der Waals surface area contributed by atoms with Crippen LogP contribution in [0.4, 0.5) is 11.5 Å². The van der Waals surface area contributed by atoms with Crippen molar-refractivity contribution in [2.24, 2.45) is 11.7 Å². The predicted octanol–water partition coefficient (Wildman–Crippen LogP) is 1.78. The van der Waals surface area contributed by atoms with E-state index in [-0.39, 0.29) is 5.69 Å². The highest BCUT2D eigenvalue weighted by atomic mass is 16.1. The van der Waals surface area contributed by atoms with Crippen molar-refractivity contribution in [3.63, 3.8) is 0 Å². The van der Waals surface area contributed by atoms with E-state index in [4.69, 9.17) is 11.5 Å². The Bertz CT molecular complexity index is 475. The molecule has 1 heterocycles. The topological polar surface area (TPSA) is 85.2 Å². The van der Waals surface area contributed by atoms with Crippen molar-refractivity contribution < 1.29 is 4.79 Å². The summed E-state index contributed by atoms with van der Waals surface area (Å²) in [5, 5.41) is 0. The molecule has 0 spiro atoms. The molecule has 2 rings (SSSR count). The van der Waals surface area contributed by atoms with Gasteiger partial charge in [0.05, 0.1) is 5.69 Å². The minimum Gasteiger partial charge on any atom is -0.396 e. The van der Waals surface area contributed by atoms with Crippen molar-refractivity contribution in [1.29, 1.82) is 0 Å². The van der Waals surface area contributed by atoms with Crippen LogP contribution in [0.25, 0.3) is 0 Å². The first-order chi connectivity index (χ1) is 8.99. The van der Waals surface area contributed by atoms with Crippen molar-refractivity contribution in [2.45, 2.75) is 38.6 Å². The molecule has 1 aliphatic rings. The number of amides is 1. The fourth-order valence-corrected chi connectivity index (χ4v) is 2.81. The average Bonchev–Trinajstić information content (AvgIpc) is 2.38. The van der Waals surface area contributed by atoms with Crippen LogP contribution in [-0.4, -0.2) is 24.0 Å². The van der Waals surface area contributed by atoms with Crippen LogP contribution in [0.5, 0.6) is 0 Å². The summed E-state index contributed by atoms with van der Waals surface area (Å²) >= 11 is 0. The number of anilines is 2. The van der Waals surface area contributed by atoms with Crippen LogP contribution < -0.4 is 16.4 Å². The van der Waals surface area contributed by atoms with Crippen LogP contribution >= 0.6 is 0 Å². The number of hydrogen-bond donors (Lipinski definition) is 2. The zero-order chi connectivity index (χ0) is 14.0. The van der Waals surface area contributed by atoms with E-state index in [2.05, 4.69) is 16.8 Å². The molecule has 0 saturated heterocycles. The second-order valence-electron chi connectivity index (χ2n) is 5.51. The summed E-state index contributed by atoms with van der Waals surface area (Å²) in [6, 6.07) is 3.70. The molecule has 1 aromatic heterocycles. The molecule has 5 nitrogen and oxygen atoms in total. The van der Waals surface area contributed by atoms with E-state index < -0.39 is 5.91 Å². The molecule has 2 atom stereocenters. The smallest absolute Gasteiger partial charge is 0.267 e. The maximum Gasteiger partial charge on any atom is 0.267 e. The number of rotatable bonds is 3. The number of carbonyl (C=O) groups excluding carboxylic acids is 1. The average molecular weight is 262 g/mol. The Morgan fingerprint density at radius 1 is 1.42 bits per heavy atom. The van der Waals surface area contributed by atoms with E-state index in [9.17, 15) is 4.79 Å². The summed E-state index contributed by atoms with van der Waals surface area (Å²) in [4.78, 5) is 17.6. The van der Waals surface area contributed by atoms with Crippen LogP contribution in [0.2, 0.25) is 0 Å². The maximum atomic E-state index is 11.2. The van der Waals surface area contributed by atoms with E-state index in [1.807, 2.05) is 7.05 Å². The molecular formula is C14H22N4O. The number of nitrogen functional groups attached to an aromatic ring is 1. The molecular weight excluding hydrogens is 240 g/mol. The van der Waals surface area contributed by atoms with Crippen LogP contribution in [0.15, 0.2) is 12.1 Å². The van der Waals surface area contributed by atoms with E-state index in [0.717, 1.165) is 18.8 Å². The molecule has 5 heteroatoms. The van der Waals surface area contributed by atoms with Gasteiger partial charge in [0.15, 0.2) is 5.82 Å². The maximum absolute atomic E-state index is 11.2. The van der Waals surface area contributed by atoms with Gasteiger partial charge in [-0.3, -0.25) is 4.79 Å². The molecule has 0 aliphatic heterocycles. The highest BCUT2D eigenvalue weighted by Gasteiger charge is 2.24. The Hall–Kier alpha value is -1.78. The predicted molar refractivity (Wildman–Crippen MR) is 77.0 cm³/mol. The fraction of sp³-hybridized carbons (Fsp3) is 0.571. The zero-order valence-electron chi connectivity index (χ0n) is 11.6. The summed E-state index contributed by atoms with van der Waals surface area (Å²) in [7, 11) is 1.99. The Labute approximate surface area is 114 Å². The lowest BCUT2D eigenvalue weighted by molar-refractivity contribution is 0.0995. The Morgan fingerprint density at radius 3 is 2.79 bits per heavy atom. The first-order valence-corrected chi connectivity index (χ1v) is 6.78. The number of carbonyl (C=O) groups is 1. The van der Waals surface area contributed by atoms with Gasteiger partial charge in [0.25, 0.3) is 5.91 Å². The Balaban J connectivity index is 2.24. The molecule has 1 amide bonds. The SMILES string of the molecule is CC1CCCC(N(C)c2nc(C(N)=O)ccc2N)C1. The molecule has 1 saturated carbocycles. The number of aromatic nitrogens is 1. The lowest BCUT2D eigenvalue weighted by Gasteiger charge is -2.35. The highest BCUT2D eigenvalue weighted by molar-refractivity contribution is 5.91. The van der Waals surface area contributed by atoms with Gasteiger partial charge in [-0.2, -0.15) is 0 Å². The normalized spacial score (nSPS) is 23.1. The molecule has 1 aliphatic carbocycles. The second-order valence-corrected chi connectivity index (χ2v) is 5.51. The third-order valence-corrected chi connectivity index (χ3v) is 3.95. The van der Waals surface area contributed by atoms with Gasteiger partial charge in [-0.15, -0.1) is 0 Å². The lowest BCUT2D eigenvalue weighted by Crippen LogP contribution is -2.36. The van der Waals surface area contributed by atoms with Crippen molar-refractivity contribution in [3.8, 4) is 0 Å². The lowest BCUT2D eigenvalue weighted by atomic mass is 9.86. The van der Waals surface area contributed by atoms with Gasteiger partial charge >= 0.3 is 0 Å². The first kappa shape index (κ1) is 13.6. The summed E-state index contributed by atoms with van der Waals surface area (Å²) in [6.07, 6.45) is 4.79. The quantitative estimate of drug-likeness (QED) is 0.869.